The van der Waals surface area contributed by atoms with Gasteiger partial charge in [-0.2, -0.15) is 0 Å². The summed E-state index contributed by atoms with van der Waals surface area (Å²) in [5.74, 6) is -0.0984. The summed E-state index contributed by atoms with van der Waals surface area (Å²) in [4.78, 5) is 34.3. The second kappa shape index (κ2) is 7.55. The Hall–Kier alpha value is -1.95. The lowest BCUT2D eigenvalue weighted by Crippen LogP contribution is -2.41. The normalized spacial score (nSPS) is 19.3. The van der Waals surface area contributed by atoms with Gasteiger partial charge in [-0.3, -0.25) is 19.5 Å². The molecule has 0 N–H and O–H groups in total. The second-order valence-corrected chi connectivity index (χ2v) is 6.40. The minimum absolute atomic E-state index is 0.0254. The third-order valence-corrected chi connectivity index (χ3v) is 4.33. The molecule has 0 aromatic carbocycles. The zero-order valence-electron chi connectivity index (χ0n) is 14.5. The monoisotopic (exact) mass is 318 g/mol. The summed E-state index contributed by atoms with van der Waals surface area (Å²) in [6.45, 7) is 6.86. The molecule has 0 saturated carbocycles. The van der Waals surface area contributed by atoms with E-state index in [9.17, 15) is 9.59 Å². The summed E-state index contributed by atoms with van der Waals surface area (Å²) >= 11 is 0. The molecule has 1 aliphatic rings. The van der Waals surface area contributed by atoms with Gasteiger partial charge in [-0.15, -0.1) is 0 Å². The number of aromatic nitrogens is 1. The summed E-state index contributed by atoms with van der Waals surface area (Å²) in [5.41, 5.74) is 2.18. The van der Waals surface area contributed by atoms with Crippen LogP contribution in [0.2, 0.25) is 0 Å². The Balaban J connectivity index is 2.15. The van der Waals surface area contributed by atoms with Gasteiger partial charge in [0, 0.05) is 59.9 Å². The fraction of sp³-hybridized carbons (Fsp3) is 0.588. The Bertz CT molecular complexity index is 573. The Morgan fingerprint density at radius 3 is 2.65 bits per heavy atom. The van der Waals surface area contributed by atoms with Gasteiger partial charge in [0.15, 0.2) is 0 Å². The molecule has 1 aliphatic heterocycles. The molecular weight excluding hydrogens is 292 g/mol. The third-order valence-electron chi connectivity index (χ3n) is 4.33. The summed E-state index contributed by atoms with van der Waals surface area (Å²) < 4.78 is 0. The number of nitrogens with zero attached hydrogens (tertiary/aromatic N) is 4. The summed E-state index contributed by atoms with van der Waals surface area (Å²) in [7, 11) is 3.52. The fourth-order valence-electron chi connectivity index (χ4n) is 2.93. The summed E-state index contributed by atoms with van der Waals surface area (Å²) in [6, 6.07) is 3.97. The van der Waals surface area contributed by atoms with Crippen molar-refractivity contribution in [3.8, 4) is 0 Å². The van der Waals surface area contributed by atoms with Crippen LogP contribution in [0.25, 0.3) is 0 Å². The van der Waals surface area contributed by atoms with E-state index in [4.69, 9.17) is 0 Å². The lowest BCUT2D eigenvalue weighted by Gasteiger charge is -2.25. The topological polar surface area (TPSA) is 56.8 Å². The summed E-state index contributed by atoms with van der Waals surface area (Å²) in [5, 5.41) is 0. The number of rotatable bonds is 3. The number of hydrogen-bond donors (Lipinski definition) is 0. The lowest BCUT2D eigenvalue weighted by atomic mass is 10.1. The first-order chi connectivity index (χ1) is 10.9. The molecule has 126 valence electrons. The molecule has 0 radical (unpaired) electrons. The molecule has 1 fully saturated rings. The Morgan fingerprint density at radius 1 is 1.30 bits per heavy atom. The van der Waals surface area contributed by atoms with E-state index in [0.717, 1.165) is 17.8 Å². The smallest absolute Gasteiger partial charge is 0.228 e. The van der Waals surface area contributed by atoms with E-state index >= 15 is 0 Å². The van der Waals surface area contributed by atoms with Crippen molar-refractivity contribution in [2.75, 3.05) is 40.3 Å². The van der Waals surface area contributed by atoms with Crippen LogP contribution in [0.4, 0.5) is 0 Å². The van der Waals surface area contributed by atoms with Crippen LogP contribution in [0, 0.1) is 12.8 Å². The van der Waals surface area contributed by atoms with Crippen molar-refractivity contribution in [3.63, 3.8) is 0 Å². The first kappa shape index (κ1) is 17.4. The van der Waals surface area contributed by atoms with E-state index in [1.54, 1.807) is 37.0 Å². The van der Waals surface area contributed by atoms with Gasteiger partial charge >= 0.3 is 0 Å². The third kappa shape index (κ3) is 4.51. The van der Waals surface area contributed by atoms with E-state index in [1.807, 2.05) is 19.1 Å². The van der Waals surface area contributed by atoms with E-state index < -0.39 is 0 Å². The molecule has 6 nitrogen and oxygen atoms in total. The average Bonchev–Trinajstić information content (AvgIpc) is 2.71. The highest BCUT2D eigenvalue weighted by atomic mass is 16.2. The average molecular weight is 318 g/mol. The number of amides is 2. The molecule has 2 heterocycles. The van der Waals surface area contributed by atoms with Gasteiger partial charge in [-0.05, 0) is 18.6 Å². The molecule has 2 rings (SSSR count). The number of hydrogen-bond acceptors (Lipinski definition) is 4. The molecule has 2 amide bonds. The standard InChI is InChI=1S/C17H26N4O2/c1-13-6-5-7-18-16(13)12-20-8-9-21(14(2)22)11-15(10-20)17(23)19(3)4/h5-7,15H,8-12H2,1-4H3. The van der Waals surface area contributed by atoms with Crippen molar-refractivity contribution in [2.45, 2.75) is 20.4 Å². The summed E-state index contributed by atoms with van der Waals surface area (Å²) in [6.07, 6.45) is 1.80. The minimum atomic E-state index is -0.194. The van der Waals surface area contributed by atoms with Crippen molar-refractivity contribution in [1.82, 2.24) is 19.7 Å². The molecule has 0 bridgehead atoms. The SMILES string of the molecule is CC(=O)N1CCN(Cc2ncccc2C)CC(C(=O)N(C)C)C1. The zero-order chi connectivity index (χ0) is 17.0. The Labute approximate surface area is 138 Å². The fourth-order valence-corrected chi connectivity index (χ4v) is 2.93. The van der Waals surface area contributed by atoms with Gasteiger partial charge in [-0.1, -0.05) is 6.07 Å². The zero-order valence-corrected chi connectivity index (χ0v) is 14.5. The maximum absolute atomic E-state index is 12.4. The Morgan fingerprint density at radius 2 is 2.04 bits per heavy atom. The molecular formula is C17H26N4O2. The number of aryl methyl sites for hydroxylation is 1. The van der Waals surface area contributed by atoms with Crippen LogP contribution in [0.5, 0.6) is 0 Å². The quantitative estimate of drug-likeness (QED) is 0.826. The van der Waals surface area contributed by atoms with Crippen molar-refractivity contribution >= 4 is 11.8 Å². The number of carbonyl (C=O) groups is 2. The van der Waals surface area contributed by atoms with Crippen molar-refractivity contribution in [1.29, 1.82) is 0 Å². The van der Waals surface area contributed by atoms with E-state index in [2.05, 4.69) is 9.88 Å². The predicted molar refractivity (Wildman–Crippen MR) is 88.7 cm³/mol. The van der Waals surface area contributed by atoms with Crippen LogP contribution in [0.3, 0.4) is 0 Å². The minimum Gasteiger partial charge on any atom is -0.348 e. The Kier molecular flexibility index (Phi) is 5.71. The molecule has 0 spiro atoms. The van der Waals surface area contributed by atoms with Gasteiger partial charge < -0.3 is 9.80 Å². The van der Waals surface area contributed by atoms with Gasteiger partial charge in [0.1, 0.15) is 0 Å². The van der Waals surface area contributed by atoms with Gasteiger partial charge in [0.2, 0.25) is 11.8 Å². The molecule has 6 heteroatoms. The van der Waals surface area contributed by atoms with Crippen molar-refractivity contribution in [3.05, 3.63) is 29.6 Å². The van der Waals surface area contributed by atoms with Crippen molar-refractivity contribution < 1.29 is 9.59 Å². The molecule has 1 aromatic rings. The number of pyridine rings is 1. The molecule has 23 heavy (non-hydrogen) atoms. The van der Waals surface area contributed by atoms with Gasteiger partial charge in [0.25, 0.3) is 0 Å². The molecule has 0 aliphatic carbocycles. The van der Waals surface area contributed by atoms with Gasteiger partial charge in [-0.25, -0.2) is 0 Å². The predicted octanol–water partition coefficient (Wildman–Crippen LogP) is 0.759. The maximum Gasteiger partial charge on any atom is 0.228 e. The van der Waals surface area contributed by atoms with Gasteiger partial charge in [0.05, 0.1) is 11.6 Å². The van der Waals surface area contributed by atoms with Crippen LogP contribution >= 0.6 is 0 Å². The molecule has 1 atom stereocenters. The van der Waals surface area contributed by atoms with E-state index in [0.29, 0.717) is 26.2 Å². The molecule has 1 unspecified atom stereocenters. The highest BCUT2D eigenvalue weighted by molar-refractivity contribution is 5.80. The van der Waals surface area contributed by atoms with Crippen LogP contribution in [-0.4, -0.2) is 71.8 Å². The van der Waals surface area contributed by atoms with Crippen LogP contribution in [-0.2, 0) is 16.1 Å². The number of carbonyl (C=O) groups excluding carboxylic acids is 2. The second-order valence-electron chi connectivity index (χ2n) is 6.40. The molecule has 1 saturated heterocycles. The maximum atomic E-state index is 12.4. The van der Waals surface area contributed by atoms with Crippen LogP contribution in [0.1, 0.15) is 18.2 Å². The van der Waals surface area contributed by atoms with Crippen molar-refractivity contribution in [2.24, 2.45) is 5.92 Å². The molecule has 1 aromatic heterocycles. The van der Waals surface area contributed by atoms with Crippen LogP contribution in [0.15, 0.2) is 18.3 Å². The largest absolute Gasteiger partial charge is 0.348 e. The van der Waals surface area contributed by atoms with Crippen LogP contribution < -0.4 is 0 Å². The highest BCUT2D eigenvalue weighted by Gasteiger charge is 2.30. The van der Waals surface area contributed by atoms with E-state index in [1.165, 1.54) is 0 Å². The highest BCUT2D eigenvalue weighted by Crippen LogP contribution is 2.15. The first-order valence-corrected chi connectivity index (χ1v) is 7.98. The van der Waals surface area contributed by atoms with E-state index in [-0.39, 0.29) is 17.7 Å². The first-order valence-electron chi connectivity index (χ1n) is 7.98. The lowest BCUT2D eigenvalue weighted by molar-refractivity contribution is -0.135.